The van der Waals surface area contributed by atoms with Crippen LogP contribution in [-0.2, 0) is 10.0 Å². The van der Waals surface area contributed by atoms with Crippen LogP contribution >= 0.6 is 34.5 Å². The smallest absolute Gasteiger partial charge is 0.271 e. The van der Waals surface area contributed by atoms with Crippen LogP contribution < -0.4 is 9.46 Å². The van der Waals surface area contributed by atoms with Crippen molar-refractivity contribution in [3.63, 3.8) is 0 Å². The fourth-order valence-electron chi connectivity index (χ4n) is 2.04. The number of imidazole rings is 1. The summed E-state index contributed by atoms with van der Waals surface area (Å²) in [7, 11) is -2.35. The van der Waals surface area contributed by atoms with Crippen molar-refractivity contribution in [2.24, 2.45) is 0 Å². The molecule has 0 aromatic carbocycles. The topological polar surface area (TPSA) is 86.1 Å². The molecule has 0 aliphatic carbocycles. The summed E-state index contributed by atoms with van der Waals surface area (Å²) in [6.07, 6.45) is 4.77. The molecule has 0 fully saturated rings. The predicted octanol–water partition coefficient (Wildman–Crippen LogP) is 3.75. The predicted molar refractivity (Wildman–Crippen MR) is 97.8 cm³/mol. The average molecular weight is 419 g/mol. The Bertz CT molecular complexity index is 1010. The number of hydrogen-bond acceptors (Lipinski definition) is 6. The lowest BCUT2D eigenvalue weighted by Crippen LogP contribution is -2.12. The molecule has 1 N–H and O–H groups in total. The minimum Gasteiger partial charge on any atom is -0.493 e. The highest BCUT2D eigenvalue weighted by Gasteiger charge is 2.20. The Morgan fingerprint density at radius 2 is 2.04 bits per heavy atom. The third kappa shape index (κ3) is 3.74. The van der Waals surface area contributed by atoms with Crippen LogP contribution in [0.25, 0.3) is 5.82 Å². The van der Waals surface area contributed by atoms with E-state index in [2.05, 4.69) is 14.7 Å². The number of nitrogens with zero attached hydrogens (tertiary/aromatic N) is 3. The standard InChI is InChI=1S/C14H12Cl2N4O3S2/c1-8-6-20(7-18-8)14-11(23-2)3-9(5-17-14)19-25(21,22)12-4-10(15)13(16)24-12/h3-7,19H,1-2H3. The van der Waals surface area contributed by atoms with Gasteiger partial charge in [0.2, 0.25) is 0 Å². The van der Waals surface area contributed by atoms with Gasteiger partial charge in [0.05, 0.1) is 29.7 Å². The zero-order chi connectivity index (χ0) is 18.2. The molecule has 0 radical (unpaired) electrons. The Hall–Kier alpha value is -1.81. The molecule has 0 atom stereocenters. The number of aryl methyl sites for hydroxylation is 1. The second-order valence-corrected chi connectivity index (χ2v) is 8.94. The van der Waals surface area contributed by atoms with Crippen LogP contribution in [0.5, 0.6) is 5.75 Å². The van der Waals surface area contributed by atoms with Gasteiger partial charge in [-0.2, -0.15) is 0 Å². The number of rotatable bonds is 5. The third-order valence-corrected chi connectivity index (χ3v) is 6.87. The normalized spacial score (nSPS) is 11.5. The number of anilines is 1. The number of aromatic nitrogens is 3. The summed E-state index contributed by atoms with van der Waals surface area (Å²) in [5, 5.41) is 0.188. The van der Waals surface area contributed by atoms with Crippen LogP contribution in [0.3, 0.4) is 0 Å². The van der Waals surface area contributed by atoms with Crippen LogP contribution in [-0.4, -0.2) is 30.1 Å². The number of halogens is 2. The van der Waals surface area contributed by atoms with Crippen LogP contribution in [0.1, 0.15) is 5.69 Å². The first-order valence-electron chi connectivity index (χ1n) is 6.83. The van der Waals surface area contributed by atoms with E-state index in [4.69, 9.17) is 27.9 Å². The highest BCUT2D eigenvalue weighted by molar-refractivity contribution is 7.94. The van der Waals surface area contributed by atoms with Crippen molar-refractivity contribution in [2.75, 3.05) is 11.8 Å². The van der Waals surface area contributed by atoms with Gasteiger partial charge in [-0.15, -0.1) is 11.3 Å². The van der Waals surface area contributed by atoms with E-state index in [1.807, 2.05) is 6.92 Å². The van der Waals surface area contributed by atoms with Gasteiger partial charge in [-0.05, 0) is 13.0 Å². The van der Waals surface area contributed by atoms with Gasteiger partial charge in [-0.25, -0.2) is 18.4 Å². The van der Waals surface area contributed by atoms with Crippen LogP contribution in [0.2, 0.25) is 9.36 Å². The molecule has 0 amide bonds. The van der Waals surface area contributed by atoms with Gasteiger partial charge in [-0.1, -0.05) is 23.2 Å². The summed E-state index contributed by atoms with van der Waals surface area (Å²) in [6.45, 7) is 1.85. The molecule has 3 aromatic rings. The van der Waals surface area contributed by atoms with Crippen molar-refractivity contribution in [1.29, 1.82) is 0 Å². The van der Waals surface area contributed by atoms with E-state index < -0.39 is 10.0 Å². The van der Waals surface area contributed by atoms with Crippen molar-refractivity contribution in [3.05, 3.63) is 45.9 Å². The Kier molecular flexibility index (Phi) is 4.92. The van der Waals surface area contributed by atoms with Gasteiger partial charge in [0.25, 0.3) is 10.0 Å². The lowest BCUT2D eigenvalue weighted by atomic mass is 10.4. The zero-order valence-corrected chi connectivity index (χ0v) is 16.2. The lowest BCUT2D eigenvalue weighted by Gasteiger charge is -2.11. The largest absolute Gasteiger partial charge is 0.493 e. The van der Waals surface area contributed by atoms with E-state index in [0.717, 1.165) is 17.0 Å². The SMILES string of the molecule is COc1cc(NS(=O)(=O)c2cc(Cl)c(Cl)s2)cnc1-n1cnc(C)c1. The molecule has 0 bridgehead atoms. The number of pyridine rings is 1. The van der Waals surface area contributed by atoms with E-state index in [0.29, 0.717) is 11.6 Å². The summed E-state index contributed by atoms with van der Waals surface area (Å²) < 4.78 is 34.5. The van der Waals surface area contributed by atoms with Gasteiger partial charge < -0.3 is 4.74 Å². The van der Waals surface area contributed by atoms with E-state index in [9.17, 15) is 8.42 Å². The number of nitrogens with one attached hydrogen (secondary N) is 1. The average Bonchev–Trinajstić information content (AvgIpc) is 3.13. The van der Waals surface area contributed by atoms with Crippen LogP contribution in [0.15, 0.2) is 35.1 Å². The second kappa shape index (κ2) is 6.83. The Morgan fingerprint density at radius 3 is 2.60 bits per heavy atom. The quantitative estimate of drug-likeness (QED) is 0.681. The minimum atomic E-state index is -3.83. The molecule has 0 saturated heterocycles. The monoisotopic (exact) mass is 418 g/mol. The third-order valence-electron chi connectivity index (χ3n) is 3.15. The fourth-order valence-corrected chi connectivity index (χ4v) is 4.95. The molecule has 0 unspecified atom stereocenters. The summed E-state index contributed by atoms with van der Waals surface area (Å²) in [4.78, 5) is 8.39. The molecular weight excluding hydrogens is 407 g/mol. The van der Waals surface area contributed by atoms with E-state index in [1.165, 1.54) is 25.4 Å². The van der Waals surface area contributed by atoms with Gasteiger partial charge in [0.1, 0.15) is 14.9 Å². The zero-order valence-electron chi connectivity index (χ0n) is 13.0. The maximum atomic E-state index is 12.4. The maximum absolute atomic E-state index is 12.4. The van der Waals surface area contributed by atoms with E-state index in [-0.39, 0.29) is 19.3 Å². The van der Waals surface area contributed by atoms with Gasteiger partial charge >= 0.3 is 0 Å². The first kappa shape index (κ1) is 18.0. The second-order valence-electron chi connectivity index (χ2n) is 4.96. The molecule has 3 aromatic heterocycles. The summed E-state index contributed by atoms with van der Waals surface area (Å²) in [6, 6.07) is 2.83. The fraction of sp³-hybridized carbons (Fsp3) is 0.143. The summed E-state index contributed by atoms with van der Waals surface area (Å²) >= 11 is 12.5. The van der Waals surface area contributed by atoms with Gasteiger partial charge in [-0.3, -0.25) is 9.29 Å². The molecule has 0 aliphatic rings. The van der Waals surface area contributed by atoms with Crippen molar-refractivity contribution in [1.82, 2.24) is 14.5 Å². The first-order valence-corrected chi connectivity index (χ1v) is 9.88. The molecule has 25 heavy (non-hydrogen) atoms. The van der Waals surface area contributed by atoms with Crippen LogP contribution in [0, 0.1) is 6.92 Å². The molecule has 0 saturated carbocycles. The lowest BCUT2D eigenvalue weighted by molar-refractivity contribution is 0.411. The first-order chi connectivity index (χ1) is 11.8. The highest BCUT2D eigenvalue weighted by atomic mass is 35.5. The highest BCUT2D eigenvalue weighted by Crippen LogP contribution is 2.35. The molecular formula is C14H12Cl2N4O3S2. The summed E-state index contributed by atoms with van der Waals surface area (Å²) in [5.74, 6) is 0.883. The number of hydrogen-bond donors (Lipinski definition) is 1. The molecule has 0 aliphatic heterocycles. The Morgan fingerprint density at radius 1 is 1.28 bits per heavy atom. The molecule has 11 heteroatoms. The number of sulfonamides is 1. The Balaban J connectivity index is 1.93. The van der Waals surface area contributed by atoms with Crippen molar-refractivity contribution in [3.8, 4) is 11.6 Å². The molecule has 132 valence electrons. The molecule has 3 heterocycles. The number of thiophene rings is 1. The number of methoxy groups -OCH3 is 1. The molecule has 0 spiro atoms. The van der Waals surface area contributed by atoms with Gasteiger partial charge in [0, 0.05) is 12.3 Å². The Labute approximate surface area is 158 Å². The van der Waals surface area contributed by atoms with Crippen molar-refractivity contribution >= 4 is 50.2 Å². The van der Waals surface area contributed by atoms with Crippen LogP contribution in [0.4, 0.5) is 5.69 Å². The molecule has 3 rings (SSSR count). The maximum Gasteiger partial charge on any atom is 0.271 e. The van der Waals surface area contributed by atoms with Crippen molar-refractivity contribution in [2.45, 2.75) is 11.1 Å². The van der Waals surface area contributed by atoms with Crippen molar-refractivity contribution < 1.29 is 13.2 Å². The molecule has 7 nitrogen and oxygen atoms in total. The summed E-state index contributed by atoms with van der Waals surface area (Å²) in [5.41, 5.74) is 1.07. The number of ether oxygens (including phenoxy) is 1. The van der Waals surface area contributed by atoms with E-state index in [1.54, 1.807) is 17.1 Å². The minimum absolute atomic E-state index is 0.00998. The van der Waals surface area contributed by atoms with E-state index >= 15 is 0 Å². The van der Waals surface area contributed by atoms with Gasteiger partial charge in [0.15, 0.2) is 11.6 Å².